The average molecular weight is 528 g/mol. The summed E-state index contributed by atoms with van der Waals surface area (Å²) in [6.07, 6.45) is 1.87. The molecule has 0 N–H and O–H groups in total. The van der Waals surface area contributed by atoms with Crippen LogP contribution in [0, 0.1) is 0 Å². The second kappa shape index (κ2) is 12.0. The van der Waals surface area contributed by atoms with Crippen molar-refractivity contribution < 1.29 is 23.7 Å². The van der Waals surface area contributed by atoms with Crippen LogP contribution in [0.3, 0.4) is 0 Å². The lowest BCUT2D eigenvalue weighted by atomic mass is 10.1. The molecule has 202 valence electrons. The Morgan fingerprint density at radius 1 is 0.974 bits per heavy atom. The van der Waals surface area contributed by atoms with Gasteiger partial charge in [0.2, 0.25) is 5.88 Å². The summed E-state index contributed by atoms with van der Waals surface area (Å²) in [6, 6.07) is 24.6. The number of amides is 1. The zero-order chi connectivity index (χ0) is 27.2. The van der Waals surface area contributed by atoms with E-state index in [1.807, 2.05) is 84.7 Å². The highest BCUT2D eigenvalue weighted by molar-refractivity contribution is 5.94. The zero-order valence-electron chi connectivity index (χ0n) is 22.5. The Balaban J connectivity index is 1.55. The van der Waals surface area contributed by atoms with Gasteiger partial charge in [-0.2, -0.15) is 5.10 Å². The van der Waals surface area contributed by atoms with Gasteiger partial charge < -0.3 is 23.8 Å². The Bertz CT molecular complexity index is 1400. The number of hydrogen-bond donors (Lipinski definition) is 0. The molecule has 1 amide bonds. The van der Waals surface area contributed by atoms with Crippen LogP contribution in [0.25, 0.3) is 11.3 Å². The van der Waals surface area contributed by atoms with Crippen LogP contribution in [0.15, 0.2) is 78.9 Å². The quantitative estimate of drug-likeness (QED) is 0.263. The van der Waals surface area contributed by atoms with Crippen LogP contribution in [0.5, 0.6) is 23.1 Å². The third-order valence-corrected chi connectivity index (χ3v) is 6.81. The first-order chi connectivity index (χ1) is 19.1. The number of benzene rings is 3. The lowest BCUT2D eigenvalue weighted by Gasteiger charge is -2.26. The van der Waals surface area contributed by atoms with Gasteiger partial charge in [-0.3, -0.25) is 4.79 Å². The van der Waals surface area contributed by atoms with Gasteiger partial charge in [-0.05, 0) is 55.3 Å². The molecule has 8 nitrogen and oxygen atoms in total. The van der Waals surface area contributed by atoms with E-state index < -0.39 is 0 Å². The Morgan fingerprint density at radius 3 is 2.41 bits per heavy atom. The maximum atomic E-state index is 13.9. The first kappa shape index (κ1) is 26.3. The lowest BCUT2D eigenvalue weighted by Crippen LogP contribution is -2.37. The third-order valence-electron chi connectivity index (χ3n) is 6.81. The van der Waals surface area contributed by atoms with Crippen LogP contribution in [0.2, 0.25) is 0 Å². The van der Waals surface area contributed by atoms with E-state index in [2.05, 4.69) is 0 Å². The standard InChI is InChI=1S/C31H33N3O5/c1-33-31(39-25-16-14-24(36-2)15-17-25)28(29(32-33)22-9-5-4-6-10-22)21-34(20-27-13-8-18-38-27)30(35)23-11-7-12-26(19-23)37-3/h4-7,9-12,14-17,19,27H,8,13,18,20-21H2,1-3H3/t27-/m1/s1. The van der Waals surface area contributed by atoms with Crippen molar-refractivity contribution in [3.63, 3.8) is 0 Å². The van der Waals surface area contributed by atoms with Crippen molar-refractivity contribution >= 4 is 5.91 Å². The molecule has 8 heteroatoms. The maximum absolute atomic E-state index is 13.9. The van der Waals surface area contributed by atoms with Crippen molar-refractivity contribution in [2.45, 2.75) is 25.5 Å². The highest BCUT2D eigenvalue weighted by atomic mass is 16.5. The summed E-state index contributed by atoms with van der Waals surface area (Å²) >= 11 is 0. The van der Waals surface area contributed by atoms with Gasteiger partial charge in [0, 0.05) is 31.3 Å². The van der Waals surface area contributed by atoms with E-state index in [4.69, 9.17) is 24.0 Å². The van der Waals surface area contributed by atoms with Gasteiger partial charge in [0.05, 0.1) is 32.4 Å². The fraction of sp³-hybridized carbons (Fsp3) is 0.290. The Hall–Kier alpha value is -4.30. The molecule has 0 spiro atoms. The summed E-state index contributed by atoms with van der Waals surface area (Å²) in [5, 5.41) is 4.83. The molecule has 0 radical (unpaired) electrons. The van der Waals surface area contributed by atoms with Crippen LogP contribution in [0.4, 0.5) is 0 Å². The molecule has 0 unspecified atom stereocenters. The minimum atomic E-state index is -0.109. The first-order valence-corrected chi connectivity index (χ1v) is 13.0. The van der Waals surface area contributed by atoms with Crippen molar-refractivity contribution in [2.24, 2.45) is 7.05 Å². The number of aromatic nitrogens is 2. The van der Waals surface area contributed by atoms with Crippen LogP contribution in [0.1, 0.15) is 28.8 Å². The predicted octanol–water partition coefficient (Wildman–Crippen LogP) is 5.72. The van der Waals surface area contributed by atoms with E-state index in [0.717, 1.165) is 35.4 Å². The minimum absolute atomic E-state index is 0.0256. The summed E-state index contributed by atoms with van der Waals surface area (Å²) < 4.78 is 24.7. The number of nitrogens with zero attached hydrogens (tertiary/aromatic N) is 3. The van der Waals surface area contributed by atoms with Crippen molar-refractivity contribution in [2.75, 3.05) is 27.4 Å². The predicted molar refractivity (Wildman–Crippen MR) is 148 cm³/mol. The average Bonchev–Trinajstić information content (AvgIpc) is 3.61. The highest BCUT2D eigenvalue weighted by Crippen LogP contribution is 2.35. The molecule has 1 saturated heterocycles. The number of aryl methyl sites for hydroxylation is 1. The zero-order valence-corrected chi connectivity index (χ0v) is 22.5. The maximum Gasteiger partial charge on any atom is 0.254 e. The van der Waals surface area contributed by atoms with Gasteiger partial charge in [0.25, 0.3) is 5.91 Å². The van der Waals surface area contributed by atoms with Gasteiger partial charge >= 0.3 is 0 Å². The van der Waals surface area contributed by atoms with Gasteiger partial charge in [-0.15, -0.1) is 0 Å². The van der Waals surface area contributed by atoms with Crippen LogP contribution in [-0.4, -0.2) is 54.1 Å². The van der Waals surface area contributed by atoms with Gasteiger partial charge in [-0.1, -0.05) is 36.4 Å². The van der Waals surface area contributed by atoms with Crippen LogP contribution < -0.4 is 14.2 Å². The largest absolute Gasteiger partial charge is 0.497 e. The minimum Gasteiger partial charge on any atom is -0.497 e. The van der Waals surface area contributed by atoms with E-state index in [1.165, 1.54) is 0 Å². The number of rotatable bonds is 10. The number of methoxy groups -OCH3 is 2. The van der Waals surface area contributed by atoms with E-state index in [-0.39, 0.29) is 12.0 Å². The molecule has 0 saturated carbocycles. The van der Waals surface area contributed by atoms with Crippen molar-refractivity contribution in [3.8, 4) is 34.4 Å². The SMILES string of the molecule is COc1ccc(Oc2c(CN(C[C@H]3CCCO3)C(=O)c3cccc(OC)c3)c(-c3ccccc3)nn2C)cc1. The second-order valence-corrected chi connectivity index (χ2v) is 9.45. The van der Waals surface area contributed by atoms with Gasteiger partial charge in [0.15, 0.2) is 0 Å². The normalized spacial score (nSPS) is 14.7. The van der Waals surface area contributed by atoms with Crippen molar-refractivity contribution in [1.82, 2.24) is 14.7 Å². The summed E-state index contributed by atoms with van der Waals surface area (Å²) in [4.78, 5) is 15.8. The van der Waals surface area contributed by atoms with E-state index in [1.54, 1.807) is 25.0 Å². The fourth-order valence-corrected chi connectivity index (χ4v) is 4.79. The molecule has 0 aliphatic carbocycles. The van der Waals surface area contributed by atoms with Crippen molar-refractivity contribution in [3.05, 3.63) is 90.0 Å². The summed E-state index contributed by atoms with van der Waals surface area (Å²) in [7, 11) is 5.07. The summed E-state index contributed by atoms with van der Waals surface area (Å²) in [6.45, 7) is 1.46. The third kappa shape index (κ3) is 6.07. The van der Waals surface area contributed by atoms with Crippen molar-refractivity contribution in [1.29, 1.82) is 0 Å². The molecule has 2 heterocycles. The molecule has 39 heavy (non-hydrogen) atoms. The molecule has 5 rings (SSSR count). The Morgan fingerprint density at radius 2 is 1.72 bits per heavy atom. The van der Waals surface area contributed by atoms with Crippen LogP contribution >= 0.6 is 0 Å². The topological polar surface area (TPSA) is 75.1 Å². The monoisotopic (exact) mass is 527 g/mol. The number of hydrogen-bond acceptors (Lipinski definition) is 6. The van der Waals surface area contributed by atoms with E-state index in [0.29, 0.717) is 42.6 Å². The molecular formula is C31H33N3O5. The first-order valence-electron chi connectivity index (χ1n) is 13.0. The highest BCUT2D eigenvalue weighted by Gasteiger charge is 2.28. The van der Waals surface area contributed by atoms with Crippen LogP contribution in [-0.2, 0) is 18.3 Å². The Labute approximate surface area is 228 Å². The van der Waals surface area contributed by atoms with E-state index >= 15 is 0 Å². The summed E-state index contributed by atoms with van der Waals surface area (Å²) in [5.41, 5.74) is 3.07. The number of carbonyl (C=O) groups is 1. The molecule has 3 aromatic carbocycles. The molecule has 1 aliphatic heterocycles. The molecule has 4 aromatic rings. The molecule has 1 aromatic heterocycles. The molecule has 1 atom stereocenters. The van der Waals surface area contributed by atoms with Gasteiger partial charge in [0.1, 0.15) is 22.9 Å². The van der Waals surface area contributed by atoms with Gasteiger partial charge in [-0.25, -0.2) is 4.68 Å². The second-order valence-electron chi connectivity index (χ2n) is 9.45. The van der Waals surface area contributed by atoms with E-state index in [9.17, 15) is 4.79 Å². The molecule has 0 bridgehead atoms. The number of ether oxygens (including phenoxy) is 4. The molecule has 1 fully saturated rings. The molecular weight excluding hydrogens is 494 g/mol. The number of carbonyl (C=O) groups excluding carboxylic acids is 1. The summed E-state index contributed by atoms with van der Waals surface area (Å²) in [5.74, 6) is 2.47. The lowest BCUT2D eigenvalue weighted by molar-refractivity contribution is 0.0506. The molecule has 1 aliphatic rings. The fourth-order valence-electron chi connectivity index (χ4n) is 4.79. The smallest absolute Gasteiger partial charge is 0.254 e. The Kier molecular flexibility index (Phi) is 8.13.